The van der Waals surface area contributed by atoms with Crippen molar-refractivity contribution in [2.75, 3.05) is 6.54 Å². The second-order valence-electron chi connectivity index (χ2n) is 5.29. The zero-order valence-electron chi connectivity index (χ0n) is 13.8. The Labute approximate surface area is 158 Å². The number of hydrogen-bond donors (Lipinski definition) is 2. The molecule has 0 aromatic rings. The Morgan fingerprint density at radius 2 is 1.68 bits per heavy atom. The Kier molecular flexibility index (Phi) is 14.0. The second-order valence-corrected chi connectivity index (χ2v) is 8.37. The summed E-state index contributed by atoms with van der Waals surface area (Å²) in [6, 6.07) is 0. The zero-order valence-corrected chi connectivity index (χ0v) is 16.5. The van der Waals surface area contributed by atoms with Crippen LogP contribution in [0.5, 0.6) is 0 Å². The molecule has 1 radical (unpaired) electrons. The molecule has 151 valence electrons. The van der Waals surface area contributed by atoms with Crippen LogP contribution in [0.15, 0.2) is 23.9 Å². The molecule has 0 bridgehead atoms. The van der Waals surface area contributed by atoms with Crippen molar-refractivity contribution in [2.24, 2.45) is 5.92 Å². The minimum atomic E-state index is -4.05. The minimum Gasteiger partial charge on any atom is -0.670 e. The molecule has 0 aromatic heterocycles. The maximum atomic E-state index is 10.6. The predicted molar refractivity (Wildman–Crippen MR) is 93.3 cm³/mol. The van der Waals surface area contributed by atoms with E-state index >= 15 is 0 Å². The van der Waals surface area contributed by atoms with E-state index in [1.54, 1.807) is 13.0 Å². The number of piperidine rings is 1. The molecule has 0 aliphatic carbocycles. The first-order valence-electron chi connectivity index (χ1n) is 6.64. The van der Waals surface area contributed by atoms with Gasteiger partial charge in [-0.25, -0.2) is 16.8 Å². The molecule has 0 aromatic carbocycles. The second kappa shape index (κ2) is 12.0. The van der Waals surface area contributed by atoms with Gasteiger partial charge in [0.1, 0.15) is 0 Å². The third kappa shape index (κ3) is 10.9. The van der Waals surface area contributed by atoms with Gasteiger partial charge in [-0.2, -0.15) is 6.20 Å². The third-order valence-electron chi connectivity index (χ3n) is 3.18. The summed E-state index contributed by atoms with van der Waals surface area (Å²) in [4.78, 5) is 0. The summed E-state index contributed by atoms with van der Waals surface area (Å²) in [6.07, 6.45) is 5.80. The molecule has 25 heavy (non-hydrogen) atoms. The van der Waals surface area contributed by atoms with Gasteiger partial charge in [-0.1, -0.05) is 37.5 Å². The molecule has 13 heteroatoms. The average molecular weight is 449 g/mol. The van der Waals surface area contributed by atoms with Gasteiger partial charge in [0, 0.05) is 5.37 Å². The first-order chi connectivity index (χ1) is 10.00. The van der Waals surface area contributed by atoms with Crippen LogP contribution in [-0.4, -0.2) is 43.2 Å². The normalized spacial score (nSPS) is 25.4. The van der Waals surface area contributed by atoms with Crippen LogP contribution in [0, 0.1) is 5.92 Å². The fourth-order valence-electron chi connectivity index (χ4n) is 1.92. The predicted octanol–water partition coefficient (Wildman–Crippen LogP) is 0.205. The van der Waals surface area contributed by atoms with Crippen LogP contribution < -0.4 is 0 Å². The molecule has 3 atom stereocenters. The summed E-state index contributed by atoms with van der Waals surface area (Å²) < 4.78 is 59.4. The summed E-state index contributed by atoms with van der Waals surface area (Å²) in [5.41, 5.74) is 0.780. The van der Waals surface area contributed by atoms with Crippen LogP contribution in [0.2, 0.25) is 0 Å². The van der Waals surface area contributed by atoms with Gasteiger partial charge < -0.3 is 21.6 Å². The van der Waals surface area contributed by atoms with E-state index in [2.05, 4.69) is 10.6 Å². The summed E-state index contributed by atoms with van der Waals surface area (Å²) in [6.45, 7) is 4.25. The van der Waals surface area contributed by atoms with Crippen LogP contribution in [0.25, 0.3) is 10.6 Å². The fraction of sp³-hybridized carbons (Fsp3) is 0.667. The van der Waals surface area contributed by atoms with Crippen LogP contribution in [0.4, 0.5) is 0 Å². The van der Waals surface area contributed by atoms with Crippen molar-refractivity contribution in [3.8, 4) is 0 Å². The van der Waals surface area contributed by atoms with Crippen LogP contribution in [0.3, 0.4) is 0 Å². The molecule has 2 rings (SSSR count). The number of allylic oxidation sites excluding steroid dienone is 2. The van der Waals surface area contributed by atoms with Crippen molar-refractivity contribution < 1.29 is 53.7 Å². The van der Waals surface area contributed by atoms with E-state index in [1.807, 2.05) is 6.92 Å². The number of hydrogen-bond acceptors (Lipinski definition) is 4. The molecule has 3 unspecified atom stereocenters. The van der Waals surface area contributed by atoms with Crippen molar-refractivity contribution in [3.63, 3.8) is 0 Å². The van der Waals surface area contributed by atoms with Crippen molar-refractivity contribution in [1.29, 1.82) is 0 Å². The smallest absolute Gasteiger partial charge is 0.670 e. The summed E-state index contributed by atoms with van der Waals surface area (Å²) in [5.74, 6) is 0.347. The van der Waals surface area contributed by atoms with Gasteiger partial charge in [0.2, 0.25) is 10.1 Å². The first-order valence-corrected chi connectivity index (χ1v) is 9.65. The third-order valence-corrected chi connectivity index (χ3v) is 5.08. The van der Waals surface area contributed by atoms with Crippen molar-refractivity contribution >= 4 is 20.2 Å². The molecule has 2 aliphatic rings. The van der Waals surface area contributed by atoms with Gasteiger partial charge in [0.15, 0.2) is 0 Å². The van der Waals surface area contributed by atoms with E-state index in [-0.39, 0.29) is 27.7 Å². The van der Waals surface area contributed by atoms with Gasteiger partial charge in [-0.15, -0.1) is 6.54 Å². The van der Waals surface area contributed by atoms with E-state index in [1.165, 1.54) is 12.3 Å². The molecule has 2 aliphatic heterocycles. The summed E-state index contributed by atoms with van der Waals surface area (Å²) >= 11 is 0. The SMILES string of the molecule is CC1=CC(S(=O)(=O)O)[N-]C=C1.CC1CC[N-]C(S(=O)(=O)O)C1.[Co+2].[OH3+].[OH3+]. The van der Waals surface area contributed by atoms with Crippen molar-refractivity contribution in [1.82, 2.24) is 0 Å². The Balaban J connectivity index is -0.000000346. The molecule has 0 saturated carbocycles. The molecule has 10 nitrogen and oxygen atoms in total. The molecular weight excluding hydrogens is 423 g/mol. The van der Waals surface area contributed by atoms with Gasteiger partial charge in [-0.3, -0.25) is 9.11 Å². The van der Waals surface area contributed by atoms with Gasteiger partial charge >= 0.3 is 16.8 Å². The average Bonchev–Trinajstić information content (AvgIpc) is 2.37. The van der Waals surface area contributed by atoms with Gasteiger partial charge in [-0.05, 0) is 18.2 Å². The summed E-state index contributed by atoms with van der Waals surface area (Å²) in [7, 11) is -7.98. The fourth-order valence-corrected chi connectivity index (χ4v) is 3.40. The Hall–Kier alpha value is -0.514. The minimum absolute atomic E-state index is 0. The molecular formula is C12H26CoN2O8S2+2. The molecule has 1 saturated heterocycles. The van der Waals surface area contributed by atoms with Crippen LogP contribution in [-0.2, 0) is 48.0 Å². The van der Waals surface area contributed by atoms with Crippen LogP contribution >= 0.6 is 0 Å². The zero-order chi connectivity index (χ0) is 17.0. The Morgan fingerprint density at radius 3 is 2.00 bits per heavy atom. The van der Waals surface area contributed by atoms with Crippen molar-refractivity contribution in [3.05, 3.63) is 34.6 Å². The van der Waals surface area contributed by atoms with Crippen LogP contribution in [0.1, 0.15) is 26.7 Å². The quantitative estimate of drug-likeness (QED) is 0.445. The van der Waals surface area contributed by atoms with E-state index in [0.717, 1.165) is 12.0 Å². The largest absolute Gasteiger partial charge is 2.00 e. The molecule has 1 fully saturated rings. The molecule has 0 spiro atoms. The molecule has 0 amide bonds. The number of nitrogens with zero attached hydrogens (tertiary/aromatic N) is 2. The van der Waals surface area contributed by atoms with E-state index in [9.17, 15) is 16.8 Å². The maximum Gasteiger partial charge on any atom is 2.00 e. The van der Waals surface area contributed by atoms with Crippen molar-refractivity contribution in [2.45, 2.75) is 37.4 Å². The number of rotatable bonds is 2. The standard InChI is InChI=1S/C6H12NO3S.C6H8NO3S.Co.2H2O/c2*1-5-2-3-7-6(4-5)11(8,9)10;;;/h5-6H,2-4H2,1H3,(H,8,9,10);2-4,6H,1H3,(H,8,9,10);;2*1H2/q2*-1;+2;;/p+2. The first kappa shape index (κ1) is 29.3. The maximum absolute atomic E-state index is 10.6. The Bertz CT molecular complexity index is 648. The van der Waals surface area contributed by atoms with Gasteiger partial charge in [0.25, 0.3) is 10.1 Å². The summed E-state index contributed by atoms with van der Waals surface area (Å²) in [5, 5.41) is 5.38. The molecule has 8 N–H and O–H groups in total. The Morgan fingerprint density at radius 1 is 1.12 bits per heavy atom. The van der Waals surface area contributed by atoms with E-state index < -0.39 is 31.0 Å². The monoisotopic (exact) mass is 449 g/mol. The topological polar surface area (TPSA) is 203 Å². The molecule has 2 heterocycles. The van der Waals surface area contributed by atoms with E-state index in [4.69, 9.17) is 9.11 Å². The van der Waals surface area contributed by atoms with E-state index in [0.29, 0.717) is 18.9 Å². The van der Waals surface area contributed by atoms with Gasteiger partial charge in [0.05, 0.1) is 0 Å².